The first-order valence-corrected chi connectivity index (χ1v) is 5.59. The molecule has 0 aromatic heterocycles. The molecular weight excluding hydrogens is 190 g/mol. The van der Waals surface area contributed by atoms with Crippen LogP contribution in [0, 0.1) is 0 Å². The van der Waals surface area contributed by atoms with E-state index >= 15 is 0 Å². The highest BCUT2D eigenvalue weighted by Crippen LogP contribution is 2.22. The van der Waals surface area contributed by atoms with Crippen molar-refractivity contribution in [1.82, 2.24) is 16.4 Å². The molecule has 1 aliphatic rings. The second kappa shape index (κ2) is 5.77. The molecule has 0 amide bonds. The van der Waals surface area contributed by atoms with Gasteiger partial charge in [-0.2, -0.15) is 0 Å². The Bertz CT molecular complexity index is 185. The summed E-state index contributed by atoms with van der Waals surface area (Å²) in [4.78, 5) is 2.33. The van der Waals surface area contributed by atoms with Gasteiger partial charge in [-0.3, -0.25) is 4.90 Å². The van der Waals surface area contributed by atoms with Gasteiger partial charge in [-0.1, -0.05) is 13.8 Å². The van der Waals surface area contributed by atoms with Gasteiger partial charge in [0.15, 0.2) is 0 Å². The molecule has 1 heterocycles. The quantitative estimate of drug-likeness (QED) is 0.527. The summed E-state index contributed by atoms with van der Waals surface area (Å²) in [6.07, 6.45) is 0.931. The Hall–Kier alpha value is -0.200. The number of nitrogens with one attached hydrogen (secondary N) is 1. The van der Waals surface area contributed by atoms with E-state index in [-0.39, 0.29) is 23.9 Å². The standard InChI is InChI=1S/C10H24N4.H3N/c1-4-10(12)9(8(3)11)13-6-7-14(10)5-2;/h8-9,13H,4-7,11-12H2,1-3H3;1H3. The topological polar surface area (TPSA) is 102 Å². The highest BCUT2D eigenvalue weighted by molar-refractivity contribution is 5.01. The average Bonchev–Trinajstić information content (AvgIpc) is 2.17. The molecule has 0 aliphatic carbocycles. The van der Waals surface area contributed by atoms with E-state index in [0.29, 0.717) is 0 Å². The Morgan fingerprint density at radius 3 is 2.53 bits per heavy atom. The molecule has 8 N–H and O–H groups in total. The molecular formula is C10H27N5. The number of nitrogens with two attached hydrogens (primary N) is 2. The second-order valence-corrected chi connectivity index (χ2v) is 4.22. The Balaban J connectivity index is 0.00000196. The highest BCUT2D eigenvalue weighted by atomic mass is 15.3. The predicted molar refractivity (Wildman–Crippen MR) is 64.9 cm³/mol. The maximum Gasteiger partial charge on any atom is 0.0857 e. The minimum atomic E-state index is -0.277. The fraction of sp³-hybridized carbons (Fsp3) is 1.00. The van der Waals surface area contributed by atoms with Crippen molar-refractivity contribution in [3.05, 3.63) is 0 Å². The zero-order valence-corrected chi connectivity index (χ0v) is 10.3. The van der Waals surface area contributed by atoms with Crippen LogP contribution in [0.15, 0.2) is 0 Å². The number of nitrogens with zero attached hydrogens (tertiary/aromatic N) is 1. The molecule has 5 nitrogen and oxygen atoms in total. The Morgan fingerprint density at radius 1 is 1.53 bits per heavy atom. The minimum absolute atomic E-state index is 0. The summed E-state index contributed by atoms with van der Waals surface area (Å²) < 4.78 is 0. The van der Waals surface area contributed by atoms with Crippen molar-refractivity contribution >= 4 is 0 Å². The Kier molecular flexibility index (Phi) is 5.69. The summed E-state index contributed by atoms with van der Waals surface area (Å²) in [5.74, 6) is 0. The van der Waals surface area contributed by atoms with Crippen molar-refractivity contribution in [2.75, 3.05) is 19.6 Å². The lowest BCUT2D eigenvalue weighted by Crippen LogP contribution is -2.75. The molecule has 92 valence electrons. The first-order valence-electron chi connectivity index (χ1n) is 5.59. The number of hydrogen-bond donors (Lipinski definition) is 4. The molecule has 15 heavy (non-hydrogen) atoms. The lowest BCUT2D eigenvalue weighted by atomic mass is 9.89. The maximum absolute atomic E-state index is 6.44. The lowest BCUT2D eigenvalue weighted by molar-refractivity contribution is 0.0173. The van der Waals surface area contributed by atoms with E-state index in [0.717, 1.165) is 26.1 Å². The molecule has 0 aromatic rings. The third kappa shape index (κ3) is 2.68. The summed E-state index contributed by atoms with van der Waals surface area (Å²) in [5.41, 5.74) is 12.1. The third-order valence-electron chi connectivity index (χ3n) is 3.35. The minimum Gasteiger partial charge on any atom is -0.344 e. The van der Waals surface area contributed by atoms with E-state index in [1.54, 1.807) is 0 Å². The smallest absolute Gasteiger partial charge is 0.0857 e. The molecule has 3 unspecified atom stereocenters. The monoisotopic (exact) mass is 217 g/mol. The molecule has 0 radical (unpaired) electrons. The van der Waals surface area contributed by atoms with Gasteiger partial charge in [0.1, 0.15) is 0 Å². The second-order valence-electron chi connectivity index (χ2n) is 4.22. The summed E-state index contributed by atoms with van der Waals surface area (Å²) >= 11 is 0. The summed E-state index contributed by atoms with van der Waals surface area (Å²) in [6.45, 7) is 9.30. The van der Waals surface area contributed by atoms with Crippen LogP contribution in [-0.4, -0.2) is 42.3 Å². The number of hydrogen-bond acceptors (Lipinski definition) is 5. The van der Waals surface area contributed by atoms with Gasteiger partial charge in [0.25, 0.3) is 0 Å². The van der Waals surface area contributed by atoms with E-state index in [4.69, 9.17) is 11.5 Å². The van der Waals surface area contributed by atoms with Gasteiger partial charge in [0.2, 0.25) is 0 Å². The van der Waals surface area contributed by atoms with Crippen LogP contribution in [0.4, 0.5) is 0 Å². The highest BCUT2D eigenvalue weighted by Gasteiger charge is 2.42. The van der Waals surface area contributed by atoms with Crippen molar-refractivity contribution < 1.29 is 0 Å². The fourth-order valence-electron chi connectivity index (χ4n) is 2.47. The van der Waals surface area contributed by atoms with E-state index in [2.05, 4.69) is 24.1 Å². The van der Waals surface area contributed by atoms with Gasteiger partial charge in [0.05, 0.1) is 11.7 Å². The van der Waals surface area contributed by atoms with Gasteiger partial charge < -0.3 is 22.9 Å². The zero-order valence-electron chi connectivity index (χ0n) is 10.3. The fourth-order valence-corrected chi connectivity index (χ4v) is 2.47. The molecule has 1 saturated heterocycles. The zero-order chi connectivity index (χ0) is 10.8. The normalized spacial score (nSPS) is 34.6. The van der Waals surface area contributed by atoms with Crippen LogP contribution in [0.1, 0.15) is 27.2 Å². The average molecular weight is 217 g/mol. The molecule has 5 heteroatoms. The summed E-state index contributed by atoms with van der Waals surface area (Å²) in [5, 5.41) is 3.43. The Labute approximate surface area is 93.1 Å². The number of piperazine rings is 1. The largest absolute Gasteiger partial charge is 0.344 e. The van der Waals surface area contributed by atoms with Gasteiger partial charge in [-0.05, 0) is 19.9 Å². The van der Waals surface area contributed by atoms with E-state index in [1.807, 2.05) is 6.92 Å². The third-order valence-corrected chi connectivity index (χ3v) is 3.35. The van der Waals surface area contributed by atoms with Gasteiger partial charge in [0, 0.05) is 19.1 Å². The molecule has 1 rings (SSSR count). The van der Waals surface area contributed by atoms with Crippen molar-refractivity contribution in [2.45, 2.75) is 44.9 Å². The van der Waals surface area contributed by atoms with E-state index < -0.39 is 0 Å². The van der Waals surface area contributed by atoms with Crippen molar-refractivity contribution in [1.29, 1.82) is 0 Å². The van der Waals surface area contributed by atoms with Crippen LogP contribution < -0.4 is 22.9 Å². The van der Waals surface area contributed by atoms with E-state index in [1.165, 1.54) is 0 Å². The van der Waals surface area contributed by atoms with Crippen LogP contribution >= 0.6 is 0 Å². The molecule has 0 spiro atoms. The molecule has 3 atom stereocenters. The first-order chi connectivity index (χ1) is 6.56. The van der Waals surface area contributed by atoms with Crippen molar-refractivity contribution in [3.8, 4) is 0 Å². The molecule has 1 aliphatic heterocycles. The van der Waals surface area contributed by atoms with Gasteiger partial charge >= 0.3 is 0 Å². The number of likely N-dealkylation sites (N-methyl/N-ethyl adjacent to an activating group) is 1. The van der Waals surface area contributed by atoms with Crippen LogP contribution in [0.25, 0.3) is 0 Å². The van der Waals surface area contributed by atoms with Crippen molar-refractivity contribution in [2.24, 2.45) is 11.5 Å². The van der Waals surface area contributed by atoms with Crippen LogP contribution in [0.2, 0.25) is 0 Å². The summed E-state index contributed by atoms with van der Waals surface area (Å²) in [6, 6.07) is 0.287. The van der Waals surface area contributed by atoms with Crippen LogP contribution in [0.5, 0.6) is 0 Å². The maximum atomic E-state index is 6.44. The van der Waals surface area contributed by atoms with Gasteiger partial charge in [-0.25, -0.2) is 0 Å². The first kappa shape index (κ1) is 14.8. The molecule has 0 bridgehead atoms. The van der Waals surface area contributed by atoms with E-state index in [9.17, 15) is 0 Å². The molecule has 0 saturated carbocycles. The Morgan fingerprint density at radius 2 is 2.13 bits per heavy atom. The van der Waals surface area contributed by atoms with Gasteiger partial charge in [-0.15, -0.1) is 0 Å². The predicted octanol–water partition coefficient (Wildman–Crippen LogP) is -0.146. The molecule has 1 fully saturated rings. The van der Waals surface area contributed by atoms with Crippen LogP contribution in [-0.2, 0) is 0 Å². The summed E-state index contributed by atoms with van der Waals surface area (Å²) in [7, 11) is 0. The van der Waals surface area contributed by atoms with Crippen LogP contribution in [0.3, 0.4) is 0 Å². The SMILES string of the molecule is CCN1CCNC(C(C)N)C1(N)CC.N. The lowest BCUT2D eigenvalue weighted by Gasteiger charge is -2.51. The van der Waals surface area contributed by atoms with Crippen molar-refractivity contribution in [3.63, 3.8) is 0 Å². The number of rotatable bonds is 3. The molecule has 0 aromatic carbocycles.